The molecule has 0 saturated heterocycles. The number of rotatable bonds is 5. The second kappa shape index (κ2) is 6.10. The highest BCUT2D eigenvalue weighted by molar-refractivity contribution is 5.48. The maximum absolute atomic E-state index is 12.6. The molecule has 1 unspecified atom stereocenters. The summed E-state index contributed by atoms with van der Waals surface area (Å²) < 4.78 is 37.9. The van der Waals surface area contributed by atoms with Gasteiger partial charge in [-0.25, -0.2) is 4.98 Å². The molecule has 0 aliphatic carbocycles. The van der Waals surface area contributed by atoms with Crippen molar-refractivity contribution in [2.45, 2.75) is 32.5 Å². The van der Waals surface area contributed by atoms with E-state index < -0.39 is 11.7 Å². The van der Waals surface area contributed by atoms with E-state index in [1.54, 1.807) is 0 Å². The van der Waals surface area contributed by atoms with Gasteiger partial charge in [-0.15, -0.1) is 0 Å². The van der Waals surface area contributed by atoms with E-state index in [9.17, 15) is 13.2 Å². The third-order valence-electron chi connectivity index (χ3n) is 2.75. The van der Waals surface area contributed by atoms with E-state index in [0.29, 0.717) is 6.42 Å². The molecule has 4 N–H and O–H groups in total. The number of pyridine rings is 1. The number of halogens is 3. The standard InChI is InChI=1S/C12H18F3N3O/c1-7(2)9(3-4-19)17-11-6-8(12(13,14)15)5-10(16)18-11/h5-7,9,19H,3-4H2,1-2H3,(H3,16,17,18). The molecular weight excluding hydrogens is 259 g/mol. The quantitative estimate of drug-likeness (QED) is 0.773. The number of hydrogen-bond acceptors (Lipinski definition) is 4. The van der Waals surface area contributed by atoms with Crippen LogP contribution >= 0.6 is 0 Å². The van der Waals surface area contributed by atoms with Gasteiger partial charge < -0.3 is 16.2 Å². The van der Waals surface area contributed by atoms with E-state index in [0.717, 1.165) is 12.1 Å². The van der Waals surface area contributed by atoms with Gasteiger partial charge in [-0.3, -0.25) is 0 Å². The van der Waals surface area contributed by atoms with E-state index in [2.05, 4.69) is 10.3 Å². The average Bonchev–Trinajstić information content (AvgIpc) is 2.26. The van der Waals surface area contributed by atoms with Crippen LogP contribution in [0.3, 0.4) is 0 Å². The highest BCUT2D eigenvalue weighted by atomic mass is 19.4. The van der Waals surface area contributed by atoms with Crippen molar-refractivity contribution in [2.75, 3.05) is 17.7 Å². The molecule has 0 spiro atoms. The first kappa shape index (κ1) is 15.6. The van der Waals surface area contributed by atoms with Crippen molar-refractivity contribution < 1.29 is 18.3 Å². The van der Waals surface area contributed by atoms with Crippen LogP contribution in [0, 0.1) is 5.92 Å². The molecule has 7 heteroatoms. The highest BCUT2D eigenvalue weighted by Crippen LogP contribution is 2.31. The number of nitrogens with two attached hydrogens (primary N) is 1. The average molecular weight is 277 g/mol. The van der Waals surface area contributed by atoms with Gasteiger partial charge in [0.15, 0.2) is 0 Å². The maximum Gasteiger partial charge on any atom is 0.416 e. The van der Waals surface area contributed by atoms with Crippen molar-refractivity contribution in [3.63, 3.8) is 0 Å². The number of anilines is 2. The first-order valence-corrected chi connectivity index (χ1v) is 5.96. The number of nitrogens with one attached hydrogen (secondary N) is 1. The summed E-state index contributed by atoms with van der Waals surface area (Å²) in [5.41, 5.74) is 4.54. The minimum atomic E-state index is -4.46. The maximum atomic E-state index is 12.6. The molecule has 1 rings (SSSR count). The summed E-state index contributed by atoms with van der Waals surface area (Å²) in [6.45, 7) is 3.76. The zero-order valence-corrected chi connectivity index (χ0v) is 10.8. The lowest BCUT2D eigenvalue weighted by atomic mass is 10.0. The molecule has 0 aromatic carbocycles. The summed E-state index contributed by atoms with van der Waals surface area (Å²) in [5.74, 6) is 0.0213. The Balaban J connectivity index is 2.97. The Kier molecular flexibility index (Phi) is 4.99. The molecule has 0 fully saturated rings. The van der Waals surface area contributed by atoms with Crippen molar-refractivity contribution in [1.82, 2.24) is 4.98 Å². The normalized spacial score (nSPS) is 13.6. The summed E-state index contributed by atoms with van der Waals surface area (Å²) in [7, 11) is 0. The summed E-state index contributed by atoms with van der Waals surface area (Å²) >= 11 is 0. The molecule has 108 valence electrons. The minimum Gasteiger partial charge on any atom is -0.396 e. The molecule has 1 aromatic heterocycles. The van der Waals surface area contributed by atoms with Crippen molar-refractivity contribution >= 4 is 11.6 Å². The molecule has 0 bridgehead atoms. The third kappa shape index (κ3) is 4.59. The van der Waals surface area contributed by atoms with Gasteiger partial charge in [0, 0.05) is 12.6 Å². The fraction of sp³-hybridized carbons (Fsp3) is 0.583. The molecule has 0 saturated carbocycles. The van der Waals surface area contributed by atoms with E-state index in [-0.39, 0.29) is 30.2 Å². The number of aliphatic hydroxyl groups excluding tert-OH is 1. The van der Waals surface area contributed by atoms with Crippen molar-refractivity contribution in [3.8, 4) is 0 Å². The van der Waals surface area contributed by atoms with Gasteiger partial charge in [0.05, 0.1) is 5.56 Å². The van der Waals surface area contributed by atoms with Crippen LogP contribution in [0.4, 0.5) is 24.8 Å². The molecular formula is C12H18F3N3O. The van der Waals surface area contributed by atoms with Crippen LogP contribution < -0.4 is 11.1 Å². The number of aromatic nitrogens is 1. The summed E-state index contributed by atoms with van der Waals surface area (Å²) in [6.07, 6.45) is -4.03. The summed E-state index contributed by atoms with van der Waals surface area (Å²) in [5, 5.41) is 11.8. The fourth-order valence-electron chi connectivity index (χ4n) is 1.69. The zero-order valence-electron chi connectivity index (χ0n) is 10.8. The first-order chi connectivity index (χ1) is 8.74. The monoisotopic (exact) mass is 277 g/mol. The lowest BCUT2D eigenvalue weighted by Crippen LogP contribution is -2.27. The van der Waals surface area contributed by atoms with Crippen LogP contribution in [-0.4, -0.2) is 22.7 Å². The lowest BCUT2D eigenvalue weighted by Gasteiger charge is -2.22. The van der Waals surface area contributed by atoms with Gasteiger partial charge in [0.1, 0.15) is 11.6 Å². The Morgan fingerprint density at radius 1 is 1.37 bits per heavy atom. The number of nitrogens with zero attached hydrogens (tertiary/aromatic N) is 1. The van der Waals surface area contributed by atoms with Crippen LogP contribution in [0.2, 0.25) is 0 Å². The molecule has 0 aliphatic heterocycles. The Bertz CT molecular complexity index is 421. The van der Waals surface area contributed by atoms with E-state index in [4.69, 9.17) is 10.8 Å². The molecule has 0 aliphatic rings. The van der Waals surface area contributed by atoms with Crippen LogP contribution in [0.15, 0.2) is 12.1 Å². The molecule has 1 heterocycles. The minimum absolute atomic E-state index is 0.0513. The summed E-state index contributed by atoms with van der Waals surface area (Å²) in [4.78, 5) is 3.84. The number of hydrogen-bond donors (Lipinski definition) is 3. The molecule has 1 aromatic rings. The smallest absolute Gasteiger partial charge is 0.396 e. The fourth-order valence-corrected chi connectivity index (χ4v) is 1.69. The van der Waals surface area contributed by atoms with Gasteiger partial charge in [-0.2, -0.15) is 13.2 Å². The van der Waals surface area contributed by atoms with Gasteiger partial charge in [-0.05, 0) is 24.5 Å². The van der Waals surface area contributed by atoms with Crippen LogP contribution in [0.1, 0.15) is 25.8 Å². The number of alkyl halides is 3. The largest absolute Gasteiger partial charge is 0.416 e. The predicted molar refractivity (Wildman–Crippen MR) is 67.6 cm³/mol. The van der Waals surface area contributed by atoms with Gasteiger partial charge in [0.25, 0.3) is 0 Å². The van der Waals surface area contributed by atoms with Crippen molar-refractivity contribution in [1.29, 1.82) is 0 Å². The van der Waals surface area contributed by atoms with E-state index >= 15 is 0 Å². The Morgan fingerprint density at radius 3 is 2.47 bits per heavy atom. The van der Waals surface area contributed by atoms with Gasteiger partial charge in [-0.1, -0.05) is 13.8 Å². The van der Waals surface area contributed by atoms with E-state index in [1.165, 1.54) is 0 Å². The summed E-state index contributed by atoms with van der Waals surface area (Å²) in [6, 6.07) is 1.55. The van der Waals surface area contributed by atoms with Crippen molar-refractivity contribution in [3.05, 3.63) is 17.7 Å². The Hall–Kier alpha value is -1.50. The number of nitrogen functional groups attached to an aromatic ring is 1. The molecule has 4 nitrogen and oxygen atoms in total. The molecule has 1 atom stereocenters. The Morgan fingerprint density at radius 2 is 2.00 bits per heavy atom. The van der Waals surface area contributed by atoms with Crippen LogP contribution in [0.25, 0.3) is 0 Å². The van der Waals surface area contributed by atoms with Gasteiger partial charge in [0.2, 0.25) is 0 Å². The topological polar surface area (TPSA) is 71.2 Å². The van der Waals surface area contributed by atoms with E-state index in [1.807, 2.05) is 13.8 Å². The zero-order chi connectivity index (χ0) is 14.6. The van der Waals surface area contributed by atoms with Gasteiger partial charge >= 0.3 is 6.18 Å². The SMILES string of the molecule is CC(C)C(CCO)Nc1cc(C(F)(F)F)cc(N)n1. The molecule has 19 heavy (non-hydrogen) atoms. The Labute approximate surface area is 109 Å². The molecule has 0 radical (unpaired) electrons. The lowest BCUT2D eigenvalue weighted by molar-refractivity contribution is -0.137. The second-order valence-corrected chi connectivity index (χ2v) is 4.67. The van der Waals surface area contributed by atoms with Crippen LogP contribution in [-0.2, 0) is 6.18 Å². The van der Waals surface area contributed by atoms with Crippen LogP contribution in [0.5, 0.6) is 0 Å². The predicted octanol–water partition coefficient (Wildman–Crippen LogP) is 2.50. The highest BCUT2D eigenvalue weighted by Gasteiger charge is 2.31. The number of aliphatic hydroxyl groups is 1. The second-order valence-electron chi connectivity index (χ2n) is 4.67. The van der Waals surface area contributed by atoms with Crippen molar-refractivity contribution in [2.24, 2.45) is 5.92 Å². The third-order valence-corrected chi connectivity index (χ3v) is 2.75. The first-order valence-electron chi connectivity index (χ1n) is 5.96. The molecule has 0 amide bonds.